The Kier molecular flexibility index (Phi) is 5.08. The number of carbonyl (C=O) groups is 1. The van der Waals surface area contributed by atoms with Crippen molar-refractivity contribution in [2.75, 3.05) is 0 Å². The number of amides is 1. The molecule has 1 unspecified atom stereocenters. The van der Waals surface area contributed by atoms with Gasteiger partial charge in [0.1, 0.15) is 0 Å². The van der Waals surface area contributed by atoms with E-state index in [9.17, 15) is 18.0 Å². The summed E-state index contributed by atoms with van der Waals surface area (Å²) in [6.45, 7) is 4.21. The molecule has 0 fully saturated rings. The lowest BCUT2D eigenvalue weighted by Crippen LogP contribution is -2.38. The van der Waals surface area contributed by atoms with Gasteiger partial charge < -0.3 is 5.32 Å². The summed E-state index contributed by atoms with van der Waals surface area (Å²) in [6, 6.07) is 11.8. The number of benzene rings is 2. The topological polar surface area (TPSA) is 29.1 Å². The first kappa shape index (κ1) is 18.5. The van der Waals surface area contributed by atoms with E-state index in [0.29, 0.717) is 12.8 Å². The van der Waals surface area contributed by atoms with Gasteiger partial charge in [0.25, 0.3) is 0 Å². The maximum absolute atomic E-state index is 12.5. The molecule has 138 valence electrons. The summed E-state index contributed by atoms with van der Waals surface area (Å²) in [5, 5.41) is 2.10. The van der Waals surface area contributed by atoms with Crippen LogP contribution in [0.3, 0.4) is 0 Å². The Hall–Kier alpha value is -2.30. The van der Waals surface area contributed by atoms with Crippen molar-refractivity contribution in [3.05, 3.63) is 69.8 Å². The van der Waals surface area contributed by atoms with Gasteiger partial charge in [0.2, 0.25) is 0 Å². The van der Waals surface area contributed by atoms with Crippen LogP contribution in [0.2, 0.25) is 0 Å². The molecule has 0 aromatic heterocycles. The SMILES string of the molecule is CCc1cc(C)ccc1Cc1ccc2c(c1)CCC2NC(=O)C(F)(F)F. The number of rotatable bonds is 4. The molecule has 1 amide bonds. The number of nitrogens with one attached hydrogen (secondary N) is 1. The quantitative estimate of drug-likeness (QED) is 0.832. The minimum absolute atomic E-state index is 0.505. The fourth-order valence-electron chi connectivity index (χ4n) is 3.65. The number of hydrogen-bond donors (Lipinski definition) is 1. The number of carbonyl (C=O) groups excluding carboxylic acids is 1. The van der Waals surface area contributed by atoms with Gasteiger partial charge in [-0.1, -0.05) is 48.9 Å². The summed E-state index contributed by atoms with van der Waals surface area (Å²) in [7, 11) is 0. The molecule has 0 saturated heterocycles. The molecule has 0 aliphatic heterocycles. The lowest BCUT2D eigenvalue weighted by Gasteiger charge is -2.16. The van der Waals surface area contributed by atoms with Crippen molar-refractivity contribution >= 4 is 5.91 Å². The van der Waals surface area contributed by atoms with Crippen molar-refractivity contribution in [3.63, 3.8) is 0 Å². The second-order valence-electron chi connectivity index (χ2n) is 6.90. The van der Waals surface area contributed by atoms with Crippen LogP contribution in [0.5, 0.6) is 0 Å². The van der Waals surface area contributed by atoms with Crippen molar-refractivity contribution in [1.29, 1.82) is 0 Å². The van der Waals surface area contributed by atoms with Crippen molar-refractivity contribution < 1.29 is 18.0 Å². The predicted octanol–water partition coefficient (Wildman–Crippen LogP) is 4.81. The lowest BCUT2D eigenvalue weighted by atomic mass is 9.95. The Bertz CT molecular complexity index is 826. The molecule has 0 heterocycles. The minimum Gasteiger partial charge on any atom is -0.341 e. The highest BCUT2D eigenvalue weighted by Crippen LogP contribution is 2.33. The summed E-state index contributed by atoms with van der Waals surface area (Å²) >= 11 is 0. The van der Waals surface area contributed by atoms with Gasteiger partial charge >= 0.3 is 12.1 Å². The van der Waals surface area contributed by atoms with E-state index in [1.165, 1.54) is 16.7 Å². The van der Waals surface area contributed by atoms with E-state index in [-0.39, 0.29) is 0 Å². The van der Waals surface area contributed by atoms with Crippen LogP contribution in [0.15, 0.2) is 36.4 Å². The van der Waals surface area contributed by atoms with Gasteiger partial charge in [-0.15, -0.1) is 0 Å². The predicted molar refractivity (Wildman–Crippen MR) is 95.1 cm³/mol. The molecule has 1 N–H and O–H groups in total. The summed E-state index contributed by atoms with van der Waals surface area (Å²) in [4.78, 5) is 11.2. The highest BCUT2D eigenvalue weighted by molar-refractivity contribution is 5.82. The molecule has 1 aliphatic carbocycles. The average molecular weight is 361 g/mol. The average Bonchev–Trinajstić information content (AvgIpc) is 2.98. The highest BCUT2D eigenvalue weighted by Gasteiger charge is 2.40. The van der Waals surface area contributed by atoms with E-state index in [1.54, 1.807) is 0 Å². The van der Waals surface area contributed by atoms with Crippen molar-refractivity contribution in [2.24, 2.45) is 0 Å². The zero-order valence-corrected chi connectivity index (χ0v) is 14.9. The molecule has 3 rings (SSSR count). The fraction of sp³-hybridized carbons (Fsp3) is 0.381. The number of aryl methyl sites for hydroxylation is 3. The van der Waals surface area contributed by atoms with Gasteiger partial charge in [-0.3, -0.25) is 4.79 Å². The minimum atomic E-state index is -4.84. The Labute approximate surface area is 151 Å². The van der Waals surface area contributed by atoms with E-state index < -0.39 is 18.1 Å². The normalized spacial score (nSPS) is 16.4. The first-order chi connectivity index (χ1) is 12.3. The molecule has 5 heteroatoms. The van der Waals surface area contributed by atoms with Gasteiger partial charge in [-0.25, -0.2) is 0 Å². The first-order valence-corrected chi connectivity index (χ1v) is 8.85. The van der Waals surface area contributed by atoms with Crippen molar-refractivity contribution in [3.8, 4) is 0 Å². The second kappa shape index (κ2) is 7.14. The zero-order valence-electron chi connectivity index (χ0n) is 14.9. The van der Waals surface area contributed by atoms with Gasteiger partial charge in [-0.05, 0) is 60.4 Å². The van der Waals surface area contributed by atoms with Crippen LogP contribution in [0.25, 0.3) is 0 Å². The second-order valence-corrected chi connectivity index (χ2v) is 6.90. The van der Waals surface area contributed by atoms with Crippen LogP contribution >= 0.6 is 0 Å². The van der Waals surface area contributed by atoms with Crippen LogP contribution in [-0.2, 0) is 24.1 Å². The molecule has 2 aromatic carbocycles. The molecule has 0 saturated carbocycles. The third-order valence-corrected chi connectivity index (χ3v) is 4.99. The molecule has 2 nitrogen and oxygen atoms in total. The van der Waals surface area contributed by atoms with Crippen LogP contribution in [-0.4, -0.2) is 12.1 Å². The largest absolute Gasteiger partial charge is 0.471 e. The number of alkyl halides is 3. The lowest BCUT2D eigenvalue weighted by molar-refractivity contribution is -0.174. The van der Waals surface area contributed by atoms with Crippen LogP contribution in [0.4, 0.5) is 13.2 Å². The summed E-state index contributed by atoms with van der Waals surface area (Å²) in [6.07, 6.45) is -1.89. The molecular formula is C21H22F3NO. The summed E-state index contributed by atoms with van der Waals surface area (Å²) in [5.41, 5.74) is 6.80. The molecule has 0 radical (unpaired) electrons. The first-order valence-electron chi connectivity index (χ1n) is 8.85. The molecule has 2 aromatic rings. The van der Waals surface area contributed by atoms with E-state index >= 15 is 0 Å². The Morgan fingerprint density at radius 2 is 1.92 bits per heavy atom. The highest BCUT2D eigenvalue weighted by atomic mass is 19.4. The van der Waals surface area contributed by atoms with E-state index in [1.807, 2.05) is 12.1 Å². The van der Waals surface area contributed by atoms with Crippen LogP contribution in [0, 0.1) is 6.92 Å². The number of halogens is 3. The summed E-state index contributed by atoms with van der Waals surface area (Å²) < 4.78 is 37.4. The molecule has 1 atom stereocenters. The summed E-state index contributed by atoms with van der Waals surface area (Å²) in [5.74, 6) is -1.87. The van der Waals surface area contributed by atoms with Gasteiger partial charge in [0.05, 0.1) is 6.04 Å². The molecule has 1 aliphatic rings. The monoisotopic (exact) mass is 361 g/mol. The third-order valence-electron chi connectivity index (χ3n) is 4.99. The number of hydrogen-bond acceptors (Lipinski definition) is 1. The Morgan fingerprint density at radius 3 is 2.62 bits per heavy atom. The van der Waals surface area contributed by atoms with Crippen molar-refractivity contribution in [2.45, 2.75) is 51.7 Å². The molecule has 0 bridgehead atoms. The Morgan fingerprint density at radius 1 is 1.15 bits per heavy atom. The van der Waals surface area contributed by atoms with Gasteiger partial charge in [-0.2, -0.15) is 13.2 Å². The fourth-order valence-corrected chi connectivity index (χ4v) is 3.65. The van der Waals surface area contributed by atoms with Crippen LogP contribution in [0.1, 0.15) is 52.8 Å². The standard InChI is InChI=1S/C21H22F3NO/c1-3-15-10-13(2)4-6-16(15)11-14-5-8-18-17(12-14)7-9-19(18)25-20(26)21(22,23)24/h4-6,8,10,12,19H,3,7,9,11H2,1-2H3,(H,25,26). The maximum atomic E-state index is 12.5. The maximum Gasteiger partial charge on any atom is 0.471 e. The molecular weight excluding hydrogens is 339 g/mol. The molecule has 0 spiro atoms. The number of fused-ring (bicyclic) bond motifs is 1. The third kappa shape index (κ3) is 3.92. The Balaban J connectivity index is 1.77. The van der Waals surface area contributed by atoms with Gasteiger partial charge in [0, 0.05) is 0 Å². The van der Waals surface area contributed by atoms with E-state index in [4.69, 9.17) is 0 Å². The van der Waals surface area contributed by atoms with Crippen LogP contribution < -0.4 is 5.32 Å². The van der Waals surface area contributed by atoms with Gasteiger partial charge in [0.15, 0.2) is 0 Å². The smallest absolute Gasteiger partial charge is 0.341 e. The van der Waals surface area contributed by atoms with E-state index in [0.717, 1.165) is 29.5 Å². The molecule has 26 heavy (non-hydrogen) atoms. The van der Waals surface area contributed by atoms with E-state index in [2.05, 4.69) is 43.4 Å². The zero-order chi connectivity index (χ0) is 18.9. The van der Waals surface area contributed by atoms with Crippen molar-refractivity contribution in [1.82, 2.24) is 5.32 Å².